The average molecular weight is 856 g/mol. The van der Waals surface area contributed by atoms with E-state index in [-0.39, 0.29) is 70.1 Å². The van der Waals surface area contributed by atoms with Crippen LogP contribution in [0, 0.1) is 11.3 Å². The van der Waals surface area contributed by atoms with Gasteiger partial charge in [-0.2, -0.15) is 27.2 Å². The van der Waals surface area contributed by atoms with E-state index in [2.05, 4.69) is 26.7 Å². The molecule has 0 aliphatic heterocycles. The lowest BCUT2D eigenvalue weighted by atomic mass is 9.90. The van der Waals surface area contributed by atoms with Gasteiger partial charge in [0.1, 0.15) is 23.0 Å². The number of halogens is 4. The monoisotopic (exact) mass is 853 g/mol. The Hall–Kier alpha value is -3.54. The van der Waals surface area contributed by atoms with Crippen molar-refractivity contribution < 1.29 is 40.6 Å². The van der Waals surface area contributed by atoms with E-state index in [4.69, 9.17) is 55.5 Å². The third kappa shape index (κ3) is 11.7. The van der Waals surface area contributed by atoms with E-state index in [0.717, 1.165) is 4.68 Å². The van der Waals surface area contributed by atoms with Gasteiger partial charge in [-0.05, 0) is 43.9 Å². The van der Waals surface area contributed by atoms with E-state index >= 15 is 0 Å². The van der Waals surface area contributed by atoms with Gasteiger partial charge in [0.25, 0.3) is 20.2 Å². The van der Waals surface area contributed by atoms with Crippen LogP contribution in [-0.2, 0) is 30.4 Å². The van der Waals surface area contributed by atoms with Crippen molar-refractivity contribution in [2.45, 2.75) is 58.8 Å². The number of aromatic carboxylic acids is 1. The maximum atomic E-state index is 12.3. The van der Waals surface area contributed by atoms with Crippen molar-refractivity contribution in [2.75, 3.05) is 34.8 Å². The van der Waals surface area contributed by atoms with Gasteiger partial charge in [-0.3, -0.25) is 13.9 Å². The molecule has 2 aromatic carbocycles. The van der Waals surface area contributed by atoms with Crippen molar-refractivity contribution >= 4 is 101 Å². The summed E-state index contributed by atoms with van der Waals surface area (Å²) in [6.45, 7) is 7.15. The molecule has 0 aliphatic carbocycles. The minimum absolute atomic E-state index is 0.0402. The number of anilines is 2. The quantitative estimate of drug-likeness (QED) is 0.0465. The van der Waals surface area contributed by atoms with Gasteiger partial charge in [0, 0.05) is 31.1 Å². The highest BCUT2D eigenvalue weighted by molar-refractivity contribution is 7.86. The van der Waals surface area contributed by atoms with Gasteiger partial charge >= 0.3 is 5.97 Å². The standard InChI is InChI=1S/C31H35Cl4N7O9S2/c1-17(43)37-21-15-18(41(11-5-7-13-52(46,47)48)12-6-8-14-53(49,50)51)9-10-20(21)38-39-29-19(16-36)28(31(2,3)4)40-42(29)27-25(34)23(32)22(30(44)45)24(33)26(27)35/h9-10,15H,5-8,11-14H2,1-4H3,(H,37,43)(H,44,45)(H,46,47,48)(H,49,50,51). The van der Waals surface area contributed by atoms with Gasteiger partial charge in [0.05, 0.1) is 48.5 Å². The Morgan fingerprint density at radius 3 is 1.89 bits per heavy atom. The van der Waals surface area contributed by atoms with Gasteiger partial charge in [-0.1, -0.05) is 67.2 Å². The SMILES string of the molecule is CC(=O)Nc1cc(N(CCCCS(=O)(=O)O)CCCCS(=O)(=O)O)ccc1N=Nc1c(C#N)c(C(C)(C)C)nn1-c1c(Cl)c(Cl)c(C(=O)O)c(Cl)c1Cl. The first-order valence-electron chi connectivity index (χ1n) is 15.6. The lowest BCUT2D eigenvalue weighted by molar-refractivity contribution is -0.114. The highest BCUT2D eigenvalue weighted by Crippen LogP contribution is 2.46. The number of nitrogens with one attached hydrogen (secondary N) is 1. The summed E-state index contributed by atoms with van der Waals surface area (Å²) in [6, 6.07) is 6.74. The Morgan fingerprint density at radius 2 is 1.45 bits per heavy atom. The van der Waals surface area contributed by atoms with Crippen LogP contribution in [0.2, 0.25) is 20.1 Å². The second-order valence-electron chi connectivity index (χ2n) is 12.7. The summed E-state index contributed by atoms with van der Waals surface area (Å²) in [6.07, 6.45) is 0.887. The molecular weight excluding hydrogens is 820 g/mol. The molecule has 16 nitrogen and oxygen atoms in total. The number of nitrogens with zero attached hydrogens (tertiary/aromatic N) is 6. The minimum Gasteiger partial charge on any atom is -0.478 e. The number of aromatic nitrogens is 2. The van der Waals surface area contributed by atoms with Gasteiger partial charge < -0.3 is 15.3 Å². The van der Waals surface area contributed by atoms with Gasteiger partial charge in [-0.25, -0.2) is 9.48 Å². The van der Waals surface area contributed by atoms with Crippen molar-refractivity contribution in [3.05, 3.63) is 55.1 Å². The maximum Gasteiger partial charge on any atom is 0.338 e. The van der Waals surface area contributed by atoms with Crippen LogP contribution < -0.4 is 10.2 Å². The van der Waals surface area contributed by atoms with E-state index < -0.39 is 64.6 Å². The summed E-state index contributed by atoms with van der Waals surface area (Å²) in [5, 5.41) is 34.2. The predicted octanol–water partition coefficient (Wildman–Crippen LogP) is 7.87. The molecule has 0 unspecified atom stereocenters. The first-order valence-corrected chi connectivity index (χ1v) is 20.3. The normalized spacial score (nSPS) is 12.2. The molecule has 0 bridgehead atoms. The number of rotatable bonds is 16. The molecule has 53 heavy (non-hydrogen) atoms. The molecule has 1 aromatic heterocycles. The molecule has 1 heterocycles. The molecule has 0 fully saturated rings. The van der Waals surface area contributed by atoms with Crippen molar-refractivity contribution in [3.63, 3.8) is 0 Å². The van der Waals surface area contributed by atoms with Crippen LogP contribution in [0.1, 0.15) is 75.0 Å². The zero-order chi connectivity index (χ0) is 40.1. The summed E-state index contributed by atoms with van der Waals surface area (Å²) in [5.41, 5.74) is -0.490. The number of carboxylic acid groups (broad SMARTS) is 1. The molecule has 288 valence electrons. The minimum atomic E-state index is -4.19. The van der Waals surface area contributed by atoms with E-state index in [0.29, 0.717) is 18.5 Å². The number of carbonyl (C=O) groups excluding carboxylic acids is 1. The lowest BCUT2D eigenvalue weighted by Crippen LogP contribution is -2.26. The maximum absolute atomic E-state index is 12.3. The van der Waals surface area contributed by atoms with Crippen molar-refractivity contribution in [2.24, 2.45) is 10.2 Å². The van der Waals surface area contributed by atoms with Crippen LogP contribution in [0.15, 0.2) is 28.4 Å². The highest BCUT2D eigenvalue weighted by Gasteiger charge is 2.32. The van der Waals surface area contributed by atoms with Crippen LogP contribution >= 0.6 is 46.4 Å². The van der Waals surface area contributed by atoms with Crippen LogP contribution in [-0.4, -0.2) is 77.3 Å². The van der Waals surface area contributed by atoms with Crippen LogP contribution in [0.3, 0.4) is 0 Å². The summed E-state index contributed by atoms with van der Waals surface area (Å²) in [7, 11) is -8.37. The van der Waals surface area contributed by atoms with Gasteiger partial charge in [-0.15, -0.1) is 10.2 Å². The van der Waals surface area contributed by atoms with Crippen molar-refractivity contribution in [1.29, 1.82) is 5.26 Å². The van der Waals surface area contributed by atoms with E-state index in [1.807, 2.05) is 0 Å². The summed E-state index contributed by atoms with van der Waals surface area (Å²) in [4.78, 5) is 25.9. The fourth-order valence-corrected chi connectivity index (χ4v) is 7.32. The van der Waals surface area contributed by atoms with Crippen molar-refractivity contribution in [1.82, 2.24) is 9.78 Å². The number of hydrogen-bond acceptors (Lipinski definition) is 11. The fourth-order valence-electron chi connectivity index (χ4n) is 5.02. The number of amides is 1. The Balaban J connectivity index is 2.18. The highest BCUT2D eigenvalue weighted by atomic mass is 35.5. The third-order valence-electron chi connectivity index (χ3n) is 7.42. The summed E-state index contributed by atoms with van der Waals surface area (Å²) in [5.74, 6) is -3.08. The first kappa shape index (κ1) is 43.9. The molecule has 0 radical (unpaired) electrons. The predicted molar refractivity (Wildman–Crippen MR) is 202 cm³/mol. The Morgan fingerprint density at radius 1 is 0.925 bits per heavy atom. The van der Waals surface area contributed by atoms with Crippen LogP contribution in [0.25, 0.3) is 5.69 Å². The number of azo groups is 1. The second-order valence-corrected chi connectivity index (χ2v) is 17.3. The first-order chi connectivity index (χ1) is 24.5. The Labute approximate surface area is 326 Å². The van der Waals surface area contributed by atoms with Crippen molar-refractivity contribution in [3.8, 4) is 11.8 Å². The number of nitriles is 1. The van der Waals surface area contributed by atoms with E-state index in [1.165, 1.54) is 13.0 Å². The molecule has 3 aromatic rings. The molecule has 0 saturated carbocycles. The molecule has 0 atom stereocenters. The third-order valence-corrected chi connectivity index (χ3v) is 10.7. The number of unbranched alkanes of at least 4 members (excludes halogenated alkanes) is 2. The van der Waals surface area contributed by atoms with Gasteiger partial charge in [0.2, 0.25) is 5.91 Å². The molecule has 1 amide bonds. The zero-order valence-corrected chi connectivity index (χ0v) is 33.3. The Kier molecular flexibility index (Phi) is 14.7. The molecule has 0 saturated heterocycles. The molecule has 22 heteroatoms. The molecule has 4 N–H and O–H groups in total. The van der Waals surface area contributed by atoms with Crippen LogP contribution in [0.4, 0.5) is 22.9 Å². The molecule has 0 spiro atoms. The number of benzene rings is 2. The second kappa shape index (κ2) is 17.7. The zero-order valence-electron chi connectivity index (χ0n) is 28.7. The van der Waals surface area contributed by atoms with Gasteiger partial charge in [0.15, 0.2) is 5.82 Å². The van der Waals surface area contributed by atoms with E-state index in [1.54, 1.807) is 37.8 Å². The molecule has 0 aliphatic rings. The fraction of sp³-hybridized carbons (Fsp3) is 0.419. The lowest BCUT2D eigenvalue weighted by Gasteiger charge is -2.26. The topological polar surface area (TPSA) is 245 Å². The smallest absolute Gasteiger partial charge is 0.338 e. The Bertz CT molecular complexity index is 2130. The number of carboxylic acids is 1. The van der Waals surface area contributed by atoms with Crippen LogP contribution in [0.5, 0.6) is 0 Å². The number of carbonyl (C=O) groups is 2. The summed E-state index contributed by atoms with van der Waals surface area (Å²) < 4.78 is 64.2. The molecule has 3 rings (SSSR count). The largest absolute Gasteiger partial charge is 0.478 e. The molecular formula is C31H35Cl4N7O9S2. The average Bonchev–Trinajstić information content (AvgIpc) is 3.40. The number of hydrogen-bond donors (Lipinski definition) is 4. The summed E-state index contributed by atoms with van der Waals surface area (Å²) >= 11 is 25.7. The van der Waals surface area contributed by atoms with E-state index in [9.17, 15) is 36.8 Å².